The molecule has 0 saturated heterocycles. The Morgan fingerprint density at radius 1 is 1.05 bits per heavy atom. The molecule has 0 bridgehead atoms. The van der Waals surface area contributed by atoms with Crippen LogP contribution in [0.3, 0.4) is 0 Å². The van der Waals surface area contributed by atoms with Crippen LogP contribution in [0.5, 0.6) is 5.75 Å². The largest absolute Gasteiger partial charge is 0.497 e. The second-order valence-electron chi connectivity index (χ2n) is 4.50. The Hall–Kier alpha value is -3.06. The summed E-state index contributed by atoms with van der Waals surface area (Å²) in [5, 5.41) is 13.0. The summed E-state index contributed by atoms with van der Waals surface area (Å²) in [4.78, 5) is 0. The van der Waals surface area contributed by atoms with Crippen LogP contribution in [0.1, 0.15) is 5.56 Å². The van der Waals surface area contributed by atoms with Gasteiger partial charge in [-0.2, -0.15) is 5.26 Å². The molecule has 0 N–H and O–H groups in total. The van der Waals surface area contributed by atoms with Crippen molar-refractivity contribution in [3.05, 3.63) is 60.2 Å². The summed E-state index contributed by atoms with van der Waals surface area (Å²) < 4.78 is 10.5. The van der Waals surface area contributed by atoms with Crippen molar-refractivity contribution < 1.29 is 9.26 Å². The van der Waals surface area contributed by atoms with Gasteiger partial charge in [0.15, 0.2) is 5.76 Å². The van der Waals surface area contributed by atoms with E-state index in [4.69, 9.17) is 14.5 Å². The monoisotopic (exact) mass is 276 g/mol. The lowest BCUT2D eigenvalue weighted by Gasteiger charge is -1.99. The maximum absolute atomic E-state index is 8.93. The van der Waals surface area contributed by atoms with E-state index in [1.165, 1.54) is 0 Å². The number of benzene rings is 2. The van der Waals surface area contributed by atoms with E-state index in [-0.39, 0.29) is 0 Å². The summed E-state index contributed by atoms with van der Waals surface area (Å²) in [6.45, 7) is 0. The molecule has 4 heteroatoms. The first-order chi connectivity index (χ1) is 10.3. The Bertz CT molecular complexity index is 798. The van der Waals surface area contributed by atoms with E-state index in [0.29, 0.717) is 11.3 Å². The fourth-order valence-corrected chi connectivity index (χ4v) is 2.05. The van der Waals surface area contributed by atoms with Crippen LogP contribution in [-0.4, -0.2) is 12.3 Å². The van der Waals surface area contributed by atoms with Gasteiger partial charge in [-0.15, -0.1) is 0 Å². The van der Waals surface area contributed by atoms with Crippen LogP contribution in [0.15, 0.2) is 59.1 Å². The summed E-state index contributed by atoms with van der Waals surface area (Å²) >= 11 is 0. The summed E-state index contributed by atoms with van der Waals surface area (Å²) in [7, 11) is 1.63. The molecule has 21 heavy (non-hydrogen) atoms. The maximum atomic E-state index is 8.93. The average molecular weight is 276 g/mol. The van der Waals surface area contributed by atoms with Crippen molar-refractivity contribution >= 4 is 0 Å². The third-order valence-electron chi connectivity index (χ3n) is 3.17. The topological polar surface area (TPSA) is 59.0 Å². The zero-order valence-corrected chi connectivity index (χ0v) is 11.4. The normalized spacial score (nSPS) is 10.1. The van der Waals surface area contributed by atoms with Crippen molar-refractivity contribution in [1.82, 2.24) is 5.16 Å². The van der Waals surface area contributed by atoms with Gasteiger partial charge in [-0.05, 0) is 36.4 Å². The molecule has 0 atom stereocenters. The number of hydrogen-bond acceptors (Lipinski definition) is 4. The molecule has 0 unspecified atom stereocenters. The molecule has 0 aliphatic carbocycles. The number of aromatic nitrogens is 1. The lowest BCUT2D eigenvalue weighted by atomic mass is 10.1. The Kier molecular flexibility index (Phi) is 3.40. The van der Waals surface area contributed by atoms with Gasteiger partial charge in [0.05, 0.1) is 18.7 Å². The molecule has 1 aromatic heterocycles. The van der Waals surface area contributed by atoms with Crippen LogP contribution in [-0.2, 0) is 0 Å². The fraction of sp³-hybridized carbons (Fsp3) is 0.0588. The second-order valence-corrected chi connectivity index (χ2v) is 4.50. The van der Waals surface area contributed by atoms with Crippen molar-refractivity contribution in [1.29, 1.82) is 5.26 Å². The van der Waals surface area contributed by atoms with E-state index in [1.54, 1.807) is 19.2 Å². The fourth-order valence-electron chi connectivity index (χ4n) is 2.05. The molecule has 2 aromatic carbocycles. The van der Waals surface area contributed by atoms with E-state index in [9.17, 15) is 0 Å². The van der Waals surface area contributed by atoms with E-state index in [2.05, 4.69) is 11.2 Å². The molecule has 0 spiro atoms. The van der Waals surface area contributed by atoms with Crippen LogP contribution in [0.4, 0.5) is 0 Å². The molecule has 0 radical (unpaired) electrons. The third-order valence-corrected chi connectivity index (χ3v) is 3.17. The number of methoxy groups -OCH3 is 1. The van der Waals surface area contributed by atoms with Gasteiger partial charge in [0.25, 0.3) is 0 Å². The van der Waals surface area contributed by atoms with Crippen LogP contribution < -0.4 is 4.74 Å². The molecule has 102 valence electrons. The summed E-state index contributed by atoms with van der Waals surface area (Å²) in [6.07, 6.45) is 0. The van der Waals surface area contributed by atoms with E-state index >= 15 is 0 Å². The lowest BCUT2D eigenvalue weighted by molar-refractivity contribution is 0.415. The zero-order chi connectivity index (χ0) is 14.7. The van der Waals surface area contributed by atoms with Crippen LogP contribution in [0, 0.1) is 11.3 Å². The molecular formula is C17H12N2O2. The van der Waals surface area contributed by atoms with Crippen LogP contribution in [0.25, 0.3) is 22.6 Å². The van der Waals surface area contributed by atoms with E-state index in [1.807, 2.05) is 42.5 Å². The quantitative estimate of drug-likeness (QED) is 0.728. The number of nitrogens with zero attached hydrogens (tertiary/aromatic N) is 2. The smallest absolute Gasteiger partial charge is 0.167 e. The Balaban J connectivity index is 1.93. The van der Waals surface area contributed by atoms with Gasteiger partial charge in [0.1, 0.15) is 11.4 Å². The number of rotatable bonds is 3. The Labute approximate surface area is 122 Å². The summed E-state index contributed by atoms with van der Waals surface area (Å²) in [6, 6.07) is 18.8. The highest BCUT2D eigenvalue weighted by atomic mass is 16.5. The zero-order valence-electron chi connectivity index (χ0n) is 11.4. The van der Waals surface area contributed by atoms with Crippen molar-refractivity contribution in [2.75, 3.05) is 7.11 Å². The van der Waals surface area contributed by atoms with Gasteiger partial charge in [0.2, 0.25) is 0 Å². The molecule has 1 heterocycles. The highest BCUT2D eigenvalue weighted by Gasteiger charge is 2.09. The first-order valence-corrected chi connectivity index (χ1v) is 6.42. The number of ether oxygens (including phenoxy) is 1. The van der Waals surface area contributed by atoms with Gasteiger partial charge in [-0.1, -0.05) is 17.3 Å². The van der Waals surface area contributed by atoms with E-state index in [0.717, 1.165) is 22.6 Å². The molecule has 4 nitrogen and oxygen atoms in total. The molecule has 3 aromatic rings. The standard InChI is InChI=1S/C17H12N2O2/c1-20-15-7-5-13(6-8-15)16-10-17(21-19-16)14-4-2-3-12(9-14)11-18/h2-10H,1H3. The predicted octanol–water partition coefficient (Wildman–Crippen LogP) is 3.89. The minimum absolute atomic E-state index is 0.592. The van der Waals surface area contributed by atoms with Crippen molar-refractivity contribution in [2.45, 2.75) is 0 Å². The molecule has 0 amide bonds. The first kappa shape index (κ1) is 12.9. The van der Waals surface area contributed by atoms with Crippen LogP contribution in [0.2, 0.25) is 0 Å². The SMILES string of the molecule is COc1ccc(-c2cc(-c3cccc(C#N)c3)on2)cc1. The van der Waals surface area contributed by atoms with Crippen molar-refractivity contribution in [3.8, 4) is 34.4 Å². The van der Waals surface area contributed by atoms with Gasteiger partial charge in [-0.25, -0.2) is 0 Å². The first-order valence-electron chi connectivity index (χ1n) is 6.42. The maximum Gasteiger partial charge on any atom is 0.167 e. The molecule has 0 saturated carbocycles. The summed E-state index contributed by atoms with van der Waals surface area (Å²) in [5.74, 6) is 1.43. The van der Waals surface area contributed by atoms with Crippen LogP contribution >= 0.6 is 0 Å². The van der Waals surface area contributed by atoms with Crippen molar-refractivity contribution in [3.63, 3.8) is 0 Å². The minimum atomic E-state index is 0.592. The van der Waals surface area contributed by atoms with Gasteiger partial charge >= 0.3 is 0 Å². The van der Waals surface area contributed by atoms with Gasteiger partial charge in [-0.3, -0.25) is 0 Å². The third kappa shape index (κ3) is 2.63. The summed E-state index contributed by atoms with van der Waals surface area (Å²) in [5.41, 5.74) is 3.12. The average Bonchev–Trinajstić information content (AvgIpc) is 3.05. The predicted molar refractivity (Wildman–Crippen MR) is 78.6 cm³/mol. The molecular weight excluding hydrogens is 264 g/mol. The molecule has 0 fully saturated rings. The Morgan fingerprint density at radius 3 is 2.57 bits per heavy atom. The van der Waals surface area contributed by atoms with E-state index < -0.39 is 0 Å². The van der Waals surface area contributed by atoms with Crippen molar-refractivity contribution in [2.24, 2.45) is 0 Å². The number of hydrogen-bond donors (Lipinski definition) is 0. The Morgan fingerprint density at radius 2 is 1.86 bits per heavy atom. The molecule has 0 aliphatic rings. The van der Waals surface area contributed by atoms with Gasteiger partial charge < -0.3 is 9.26 Å². The van der Waals surface area contributed by atoms with Gasteiger partial charge in [0, 0.05) is 17.2 Å². The minimum Gasteiger partial charge on any atom is -0.497 e. The molecule has 0 aliphatic heterocycles. The highest BCUT2D eigenvalue weighted by molar-refractivity contribution is 5.67. The lowest BCUT2D eigenvalue weighted by Crippen LogP contribution is -1.82. The second kappa shape index (κ2) is 5.51. The highest BCUT2D eigenvalue weighted by Crippen LogP contribution is 2.27. The molecule has 3 rings (SSSR count). The number of nitriles is 1.